The zero-order valence-electron chi connectivity index (χ0n) is 10.3. The molecule has 0 spiro atoms. The lowest BCUT2D eigenvalue weighted by Gasteiger charge is -2.17. The zero-order chi connectivity index (χ0) is 12.7. The van der Waals surface area contributed by atoms with Crippen molar-refractivity contribution >= 4 is 11.8 Å². The van der Waals surface area contributed by atoms with Crippen LogP contribution in [0.2, 0.25) is 0 Å². The van der Waals surface area contributed by atoms with E-state index in [-0.39, 0.29) is 6.61 Å². The van der Waals surface area contributed by atoms with Gasteiger partial charge in [0.2, 0.25) is 0 Å². The van der Waals surface area contributed by atoms with Crippen molar-refractivity contribution in [3.8, 4) is 5.75 Å². The SMILES string of the molecule is CC=CCOC(=O)N(C)c1cccc(OC)c1. The zero-order valence-corrected chi connectivity index (χ0v) is 10.3. The minimum atomic E-state index is -0.392. The third-order valence-corrected chi connectivity index (χ3v) is 2.25. The first-order valence-corrected chi connectivity index (χ1v) is 5.34. The highest BCUT2D eigenvalue weighted by Gasteiger charge is 2.11. The average Bonchev–Trinajstić information content (AvgIpc) is 2.38. The Bertz CT molecular complexity index is 401. The second kappa shape index (κ2) is 6.58. The fourth-order valence-electron chi connectivity index (χ4n) is 1.24. The first-order valence-electron chi connectivity index (χ1n) is 5.34. The van der Waals surface area contributed by atoms with Crippen LogP contribution in [0.15, 0.2) is 36.4 Å². The quantitative estimate of drug-likeness (QED) is 0.753. The summed E-state index contributed by atoms with van der Waals surface area (Å²) in [7, 11) is 3.25. The van der Waals surface area contributed by atoms with E-state index in [4.69, 9.17) is 9.47 Å². The van der Waals surface area contributed by atoms with E-state index in [0.717, 1.165) is 5.69 Å². The lowest BCUT2D eigenvalue weighted by Crippen LogP contribution is -2.27. The first kappa shape index (κ1) is 13.1. The summed E-state index contributed by atoms with van der Waals surface area (Å²) in [6.45, 7) is 2.16. The predicted octanol–water partition coefficient (Wildman–Crippen LogP) is 2.84. The summed E-state index contributed by atoms with van der Waals surface area (Å²) in [5, 5.41) is 0. The average molecular weight is 235 g/mol. The monoisotopic (exact) mass is 235 g/mol. The standard InChI is InChI=1S/C13H17NO3/c1-4-5-9-17-13(15)14(2)11-7-6-8-12(10-11)16-3/h4-8,10H,9H2,1-3H3. The number of hydrogen-bond acceptors (Lipinski definition) is 3. The third-order valence-electron chi connectivity index (χ3n) is 2.25. The summed E-state index contributed by atoms with van der Waals surface area (Å²) >= 11 is 0. The molecule has 0 heterocycles. The van der Waals surface area contributed by atoms with Crippen LogP contribution >= 0.6 is 0 Å². The summed E-state index contributed by atoms with van der Waals surface area (Å²) < 4.78 is 10.1. The van der Waals surface area contributed by atoms with Gasteiger partial charge in [0.1, 0.15) is 12.4 Å². The van der Waals surface area contributed by atoms with Gasteiger partial charge in [-0.05, 0) is 19.1 Å². The van der Waals surface area contributed by atoms with Crippen LogP contribution in [0.25, 0.3) is 0 Å². The lowest BCUT2D eigenvalue weighted by molar-refractivity contribution is 0.167. The van der Waals surface area contributed by atoms with E-state index in [9.17, 15) is 4.79 Å². The van der Waals surface area contributed by atoms with E-state index in [0.29, 0.717) is 5.75 Å². The van der Waals surface area contributed by atoms with E-state index in [1.807, 2.05) is 31.2 Å². The van der Waals surface area contributed by atoms with E-state index in [1.54, 1.807) is 26.3 Å². The second-order valence-electron chi connectivity index (χ2n) is 3.41. The molecule has 4 heteroatoms. The number of benzene rings is 1. The van der Waals surface area contributed by atoms with Crippen LogP contribution < -0.4 is 9.64 Å². The molecule has 1 rings (SSSR count). The van der Waals surface area contributed by atoms with Gasteiger partial charge < -0.3 is 9.47 Å². The molecule has 0 aromatic heterocycles. The number of anilines is 1. The lowest BCUT2D eigenvalue weighted by atomic mass is 10.3. The fourth-order valence-corrected chi connectivity index (χ4v) is 1.24. The molecule has 4 nitrogen and oxygen atoms in total. The molecule has 0 saturated carbocycles. The number of allylic oxidation sites excluding steroid dienone is 1. The summed E-state index contributed by atoms with van der Waals surface area (Å²) in [6, 6.07) is 7.24. The number of nitrogens with zero attached hydrogens (tertiary/aromatic N) is 1. The van der Waals surface area contributed by atoms with Crippen LogP contribution in [0.1, 0.15) is 6.92 Å². The summed E-state index contributed by atoms with van der Waals surface area (Å²) in [6.07, 6.45) is 3.22. The number of rotatable bonds is 4. The molecule has 0 unspecified atom stereocenters. The predicted molar refractivity (Wildman–Crippen MR) is 67.6 cm³/mol. The molecule has 0 saturated heterocycles. The van der Waals surface area contributed by atoms with Crippen LogP contribution in [0.3, 0.4) is 0 Å². The number of amides is 1. The molecule has 0 fully saturated rings. The first-order chi connectivity index (χ1) is 8.19. The number of hydrogen-bond donors (Lipinski definition) is 0. The third kappa shape index (κ3) is 3.83. The van der Waals surface area contributed by atoms with Crippen molar-refractivity contribution in [1.29, 1.82) is 0 Å². The molecule has 1 amide bonds. The molecule has 17 heavy (non-hydrogen) atoms. The minimum Gasteiger partial charge on any atom is -0.497 e. The largest absolute Gasteiger partial charge is 0.497 e. The Kier molecular flexibility index (Phi) is 5.07. The highest BCUT2D eigenvalue weighted by Crippen LogP contribution is 2.20. The number of carbonyl (C=O) groups is 1. The van der Waals surface area contributed by atoms with Crippen LogP contribution in [0.5, 0.6) is 5.75 Å². The molecule has 1 aromatic carbocycles. The Hall–Kier alpha value is -1.97. The molecule has 92 valence electrons. The molecule has 0 aliphatic carbocycles. The van der Waals surface area contributed by atoms with Gasteiger partial charge in [-0.15, -0.1) is 0 Å². The van der Waals surface area contributed by atoms with Gasteiger partial charge in [0.25, 0.3) is 0 Å². The number of carbonyl (C=O) groups excluding carboxylic acids is 1. The Morgan fingerprint density at radius 1 is 1.47 bits per heavy atom. The highest BCUT2D eigenvalue weighted by molar-refractivity contribution is 5.87. The Morgan fingerprint density at radius 3 is 2.88 bits per heavy atom. The van der Waals surface area contributed by atoms with Gasteiger partial charge in [-0.3, -0.25) is 4.90 Å². The smallest absolute Gasteiger partial charge is 0.414 e. The molecule has 0 aliphatic heterocycles. The van der Waals surface area contributed by atoms with Gasteiger partial charge >= 0.3 is 6.09 Å². The summed E-state index contributed by atoms with van der Waals surface area (Å²) in [5.74, 6) is 0.704. The Morgan fingerprint density at radius 2 is 2.24 bits per heavy atom. The molecule has 0 atom stereocenters. The molecule has 0 bridgehead atoms. The van der Waals surface area contributed by atoms with Crippen molar-refractivity contribution < 1.29 is 14.3 Å². The minimum absolute atomic E-state index is 0.281. The number of methoxy groups -OCH3 is 1. The molecule has 0 aliphatic rings. The van der Waals surface area contributed by atoms with E-state index in [2.05, 4.69) is 0 Å². The van der Waals surface area contributed by atoms with Crippen LogP contribution in [-0.2, 0) is 4.74 Å². The van der Waals surface area contributed by atoms with E-state index in [1.165, 1.54) is 4.90 Å². The van der Waals surface area contributed by atoms with Crippen LogP contribution in [0, 0.1) is 0 Å². The molecular weight excluding hydrogens is 218 g/mol. The Balaban J connectivity index is 2.67. The van der Waals surface area contributed by atoms with Crippen LogP contribution in [0.4, 0.5) is 10.5 Å². The van der Waals surface area contributed by atoms with Crippen LogP contribution in [-0.4, -0.2) is 26.9 Å². The Labute approximate surface area is 101 Å². The molecule has 1 aromatic rings. The van der Waals surface area contributed by atoms with Crippen molar-refractivity contribution in [2.24, 2.45) is 0 Å². The van der Waals surface area contributed by atoms with Crippen molar-refractivity contribution in [3.63, 3.8) is 0 Å². The fraction of sp³-hybridized carbons (Fsp3) is 0.308. The summed E-state index contributed by atoms with van der Waals surface area (Å²) in [4.78, 5) is 13.1. The normalized spacial score (nSPS) is 10.3. The van der Waals surface area contributed by atoms with Crippen molar-refractivity contribution in [3.05, 3.63) is 36.4 Å². The van der Waals surface area contributed by atoms with E-state index >= 15 is 0 Å². The number of ether oxygens (including phenoxy) is 2. The maximum absolute atomic E-state index is 11.6. The van der Waals surface area contributed by atoms with Gasteiger partial charge in [-0.2, -0.15) is 0 Å². The molecule has 0 radical (unpaired) electrons. The van der Waals surface area contributed by atoms with Crippen molar-refractivity contribution in [2.75, 3.05) is 25.7 Å². The van der Waals surface area contributed by atoms with Gasteiger partial charge in [0.05, 0.1) is 12.8 Å². The van der Waals surface area contributed by atoms with Gasteiger partial charge in [-0.25, -0.2) is 4.79 Å². The van der Waals surface area contributed by atoms with Gasteiger partial charge in [0.15, 0.2) is 0 Å². The summed E-state index contributed by atoms with van der Waals surface area (Å²) in [5.41, 5.74) is 0.731. The highest BCUT2D eigenvalue weighted by atomic mass is 16.6. The maximum Gasteiger partial charge on any atom is 0.414 e. The maximum atomic E-state index is 11.6. The van der Waals surface area contributed by atoms with Gasteiger partial charge in [-0.1, -0.05) is 18.2 Å². The van der Waals surface area contributed by atoms with Crippen molar-refractivity contribution in [1.82, 2.24) is 0 Å². The molecule has 0 N–H and O–H groups in total. The van der Waals surface area contributed by atoms with Gasteiger partial charge in [0, 0.05) is 13.1 Å². The molecular formula is C13H17NO3. The second-order valence-corrected chi connectivity index (χ2v) is 3.41. The topological polar surface area (TPSA) is 38.8 Å². The van der Waals surface area contributed by atoms with Crippen molar-refractivity contribution in [2.45, 2.75) is 6.92 Å². The van der Waals surface area contributed by atoms with E-state index < -0.39 is 6.09 Å².